The molecule has 0 unspecified atom stereocenters. The fourth-order valence-electron chi connectivity index (χ4n) is 3.17. The first-order chi connectivity index (χ1) is 16.4. The number of carbonyl (C=O) groups excluding carboxylic acids is 3. The lowest BCUT2D eigenvalue weighted by atomic mass is 10.1. The van der Waals surface area contributed by atoms with Crippen molar-refractivity contribution in [3.63, 3.8) is 0 Å². The van der Waals surface area contributed by atoms with Crippen molar-refractivity contribution in [1.29, 1.82) is 0 Å². The highest BCUT2D eigenvalue weighted by molar-refractivity contribution is 6.04. The lowest BCUT2D eigenvalue weighted by molar-refractivity contribution is -0.121. The maximum absolute atomic E-state index is 12.5. The Labute approximate surface area is 197 Å². The number of furan rings is 1. The van der Waals surface area contributed by atoms with Gasteiger partial charge in [-0.3, -0.25) is 14.4 Å². The Morgan fingerprint density at radius 2 is 1.41 bits per heavy atom. The quantitative estimate of drug-likeness (QED) is 0.407. The van der Waals surface area contributed by atoms with Crippen molar-refractivity contribution in [3.05, 3.63) is 66.1 Å². The van der Waals surface area contributed by atoms with E-state index in [1.54, 1.807) is 6.07 Å². The van der Waals surface area contributed by atoms with Gasteiger partial charge in [-0.1, -0.05) is 19.1 Å². The van der Waals surface area contributed by atoms with E-state index < -0.39 is 5.91 Å². The topological polar surface area (TPSA) is 119 Å². The molecule has 0 aliphatic carbocycles. The van der Waals surface area contributed by atoms with Gasteiger partial charge in [-0.25, -0.2) is 0 Å². The fraction of sp³-hybridized carbons (Fsp3) is 0.240. The van der Waals surface area contributed by atoms with Gasteiger partial charge in [-0.2, -0.15) is 0 Å². The summed E-state index contributed by atoms with van der Waals surface area (Å²) in [7, 11) is 2.88. The lowest BCUT2D eigenvalue weighted by Crippen LogP contribution is -2.18. The van der Waals surface area contributed by atoms with Crippen LogP contribution in [-0.4, -0.2) is 31.9 Å². The van der Waals surface area contributed by atoms with E-state index in [9.17, 15) is 14.4 Å². The minimum atomic E-state index is -0.461. The van der Waals surface area contributed by atoms with Crippen LogP contribution >= 0.6 is 0 Å². The number of nitrogens with one attached hydrogen (secondary N) is 3. The molecule has 1 heterocycles. The summed E-state index contributed by atoms with van der Waals surface area (Å²) in [4.78, 5) is 37.0. The number of hydrogen-bond donors (Lipinski definition) is 3. The molecule has 2 aromatic carbocycles. The van der Waals surface area contributed by atoms with Gasteiger partial charge in [0.15, 0.2) is 5.76 Å². The first-order valence-electron chi connectivity index (χ1n) is 10.7. The van der Waals surface area contributed by atoms with E-state index in [4.69, 9.17) is 13.9 Å². The molecular formula is C25H27N3O6. The highest BCUT2D eigenvalue weighted by Crippen LogP contribution is 2.36. The zero-order chi connectivity index (χ0) is 24.5. The smallest absolute Gasteiger partial charge is 0.291 e. The van der Waals surface area contributed by atoms with E-state index in [1.807, 2.05) is 24.3 Å². The molecule has 9 heteroatoms. The molecule has 0 saturated heterocycles. The van der Waals surface area contributed by atoms with Crippen molar-refractivity contribution < 1.29 is 28.3 Å². The second-order valence-corrected chi connectivity index (χ2v) is 7.33. The number of benzene rings is 2. The highest BCUT2D eigenvalue weighted by atomic mass is 16.5. The normalized spacial score (nSPS) is 10.3. The van der Waals surface area contributed by atoms with Crippen LogP contribution in [0.2, 0.25) is 0 Å². The SMILES string of the molecule is CCc1ccc(NC(=O)CCC(=O)Nc2cc(OC)c(NC(=O)c3ccco3)cc2OC)cc1. The molecule has 0 bridgehead atoms. The van der Waals surface area contributed by atoms with Gasteiger partial charge in [0.1, 0.15) is 11.5 Å². The van der Waals surface area contributed by atoms with Crippen LogP contribution in [0.4, 0.5) is 17.1 Å². The number of amides is 3. The van der Waals surface area contributed by atoms with Crippen LogP contribution in [0.1, 0.15) is 35.9 Å². The minimum Gasteiger partial charge on any atom is -0.494 e. The predicted molar refractivity (Wildman–Crippen MR) is 129 cm³/mol. The number of rotatable bonds is 10. The molecule has 0 aliphatic heterocycles. The maximum Gasteiger partial charge on any atom is 0.291 e. The van der Waals surface area contributed by atoms with Gasteiger partial charge in [0.05, 0.1) is 31.9 Å². The van der Waals surface area contributed by atoms with Gasteiger partial charge in [0.2, 0.25) is 11.8 Å². The maximum atomic E-state index is 12.5. The molecule has 0 fully saturated rings. The summed E-state index contributed by atoms with van der Waals surface area (Å²) in [6.07, 6.45) is 2.30. The minimum absolute atomic E-state index is 0.0120. The zero-order valence-corrected chi connectivity index (χ0v) is 19.3. The number of ether oxygens (including phenoxy) is 2. The molecule has 0 atom stereocenters. The third kappa shape index (κ3) is 6.38. The van der Waals surface area contributed by atoms with E-state index in [1.165, 1.54) is 44.2 Å². The predicted octanol–water partition coefficient (Wildman–Crippen LogP) is 4.47. The standard InChI is InChI=1S/C25H27N3O6/c1-4-16-7-9-17(10-8-16)26-23(29)11-12-24(30)27-18-14-22(33-3)19(15-21(18)32-2)28-25(31)20-6-5-13-34-20/h5-10,13-15H,4,11-12H2,1-3H3,(H,26,29)(H,27,30)(H,28,31). The van der Waals surface area contributed by atoms with Gasteiger partial charge in [0, 0.05) is 30.7 Å². The zero-order valence-electron chi connectivity index (χ0n) is 19.3. The molecular weight excluding hydrogens is 438 g/mol. The summed E-state index contributed by atoms with van der Waals surface area (Å²) in [5.41, 5.74) is 2.54. The first-order valence-corrected chi connectivity index (χ1v) is 10.7. The van der Waals surface area contributed by atoms with Crippen LogP contribution in [0.3, 0.4) is 0 Å². The average Bonchev–Trinajstić information content (AvgIpc) is 3.39. The largest absolute Gasteiger partial charge is 0.494 e. The molecule has 1 aromatic heterocycles. The van der Waals surface area contributed by atoms with Gasteiger partial charge in [-0.15, -0.1) is 0 Å². The molecule has 3 rings (SSSR count). The number of methoxy groups -OCH3 is 2. The van der Waals surface area contributed by atoms with Crippen LogP contribution in [0.25, 0.3) is 0 Å². The molecule has 178 valence electrons. The van der Waals surface area contributed by atoms with Gasteiger partial charge < -0.3 is 29.8 Å². The second-order valence-electron chi connectivity index (χ2n) is 7.33. The molecule has 3 amide bonds. The van der Waals surface area contributed by atoms with Crippen LogP contribution in [0.5, 0.6) is 11.5 Å². The van der Waals surface area contributed by atoms with Crippen LogP contribution in [0, 0.1) is 0 Å². The molecule has 3 N–H and O–H groups in total. The molecule has 0 spiro atoms. The van der Waals surface area contributed by atoms with Crippen molar-refractivity contribution in [3.8, 4) is 11.5 Å². The van der Waals surface area contributed by atoms with Crippen molar-refractivity contribution in [2.45, 2.75) is 26.2 Å². The Morgan fingerprint density at radius 1 is 0.824 bits per heavy atom. The summed E-state index contributed by atoms with van der Waals surface area (Å²) in [6.45, 7) is 2.06. The van der Waals surface area contributed by atoms with Crippen molar-refractivity contribution in [2.75, 3.05) is 30.2 Å². The molecule has 0 saturated carbocycles. The number of anilines is 3. The monoisotopic (exact) mass is 465 g/mol. The molecule has 3 aromatic rings. The van der Waals surface area contributed by atoms with Crippen molar-refractivity contribution >= 4 is 34.8 Å². The van der Waals surface area contributed by atoms with Crippen molar-refractivity contribution in [2.24, 2.45) is 0 Å². The molecule has 0 radical (unpaired) electrons. The van der Waals surface area contributed by atoms with E-state index in [-0.39, 0.29) is 30.4 Å². The van der Waals surface area contributed by atoms with E-state index in [0.29, 0.717) is 28.6 Å². The van der Waals surface area contributed by atoms with Crippen LogP contribution in [-0.2, 0) is 16.0 Å². The Hall–Kier alpha value is -4.27. The van der Waals surface area contributed by atoms with Gasteiger partial charge in [0.25, 0.3) is 5.91 Å². The van der Waals surface area contributed by atoms with Crippen LogP contribution < -0.4 is 25.4 Å². The molecule has 9 nitrogen and oxygen atoms in total. The number of aryl methyl sites for hydroxylation is 1. The Bertz CT molecular complexity index is 1140. The second kappa shape index (κ2) is 11.6. The Morgan fingerprint density at radius 3 is 1.94 bits per heavy atom. The highest BCUT2D eigenvalue weighted by Gasteiger charge is 2.17. The lowest BCUT2D eigenvalue weighted by Gasteiger charge is -2.16. The number of hydrogen-bond acceptors (Lipinski definition) is 6. The third-order valence-corrected chi connectivity index (χ3v) is 5.01. The summed E-state index contributed by atoms with van der Waals surface area (Å²) < 4.78 is 15.8. The number of carbonyl (C=O) groups is 3. The molecule has 34 heavy (non-hydrogen) atoms. The van der Waals surface area contributed by atoms with E-state index >= 15 is 0 Å². The Balaban J connectivity index is 1.61. The first kappa shape index (κ1) is 24.4. The van der Waals surface area contributed by atoms with Gasteiger partial charge >= 0.3 is 0 Å². The summed E-state index contributed by atoms with van der Waals surface area (Å²) in [5, 5.41) is 8.19. The Kier molecular flexibility index (Phi) is 8.28. The van der Waals surface area contributed by atoms with Crippen LogP contribution in [0.15, 0.2) is 59.2 Å². The van der Waals surface area contributed by atoms with Gasteiger partial charge in [-0.05, 0) is 36.2 Å². The summed E-state index contributed by atoms with van der Waals surface area (Å²) in [5.74, 6) is -0.340. The third-order valence-electron chi connectivity index (χ3n) is 5.01. The average molecular weight is 466 g/mol. The molecule has 0 aliphatic rings. The van der Waals surface area contributed by atoms with E-state index in [2.05, 4.69) is 22.9 Å². The van der Waals surface area contributed by atoms with E-state index in [0.717, 1.165) is 6.42 Å². The fourth-order valence-corrected chi connectivity index (χ4v) is 3.17. The van der Waals surface area contributed by atoms with Crippen molar-refractivity contribution in [1.82, 2.24) is 0 Å². The summed E-state index contributed by atoms with van der Waals surface area (Å²) >= 11 is 0. The summed E-state index contributed by atoms with van der Waals surface area (Å²) in [6, 6.07) is 13.8.